The summed E-state index contributed by atoms with van der Waals surface area (Å²) >= 11 is 0. The molecule has 6 nitrogen and oxygen atoms in total. The van der Waals surface area contributed by atoms with E-state index in [1.54, 1.807) is 0 Å². The van der Waals surface area contributed by atoms with E-state index in [1.165, 1.54) is 7.11 Å². The van der Waals surface area contributed by atoms with Gasteiger partial charge in [0.1, 0.15) is 0 Å². The molecule has 0 radical (unpaired) electrons. The number of nitrogens with zero attached hydrogens (tertiary/aromatic N) is 3. The lowest BCUT2D eigenvalue weighted by Gasteiger charge is -2.18. The number of hydrogen-bond acceptors (Lipinski definition) is 3. The monoisotopic (exact) mass is 263 g/mol. The van der Waals surface area contributed by atoms with E-state index in [-0.39, 0.29) is 0 Å². The summed E-state index contributed by atoms with van der Waals surface area (Å²) < 4.78 is 26.6. The van der Waals surface area contributed by atoms with E-state index in [0.717, 1.165) is 25.9 Å². The molecular weight excluding hydrogens is 241 g/mol. The SMILES string of the molecule is CCCCOP(=O)(N=C1N(C)CCN1C)OC. The Morgan fingerprint density at radius 1 is 1.35 bits per heavy atom. The summed E-state index contributed by atoms with van der Waals surface area (Å²) in [5, 5.41) is 0. The van der Waals surface area contributed by atoms with Crippen LogP contribution in [-0.2, 0) is 13.6 Å². The Hall–Kier alpha value is -0.580. The molecule has 100 valence electrons. The summed E-state index contributed by atoms with van der Waals surface area (Å²) in [5.41, 5.74) is 0. The minimum atomic E-state index is -3.35. The number of guanidine groups is 1. The Morgan fingerprint density at radius 3 is 2.41 bits per heavy atom. The van der Waals surface area contributed by atoms with E-state index < -0.39 is 7.75 Å². The molecule has 0 aliphatic carbocycles. The molecule has 1 aliphatic rings. The van der Waals surface area contributed by atoms with Crippen molar-refractivity contribution in [1.82, 2.24) is 9.80 Å². The first kappa shape index (κ1) is 14.5. The van der Waals surface area contributed by atoms with Crippen molar-refractivity contribution < 1.29 is 13.6 Å². The van der Waals surface area contributed by atoms with Crippen LogP contribution in [0.3, 0.4) is 0 Å². The van der Waals surface area contributed by atoms with E-state index in [1.807, 2.05) is 30.8 Å². The summed E-state index contributed by atoms with van der Waals surface area (Å²) in [5.74, 6) is 0.659. The van der Waals surface area contributed by atoms with Crippen molar-refractivity contribution in [3.8, 4) is 0 Å². The molecule has 0 spiro atoms. The van der Waals surface area contributed by atoms with Crippen LogP contribution in [0, 0.1) is 0 Å². The van der Waals surface area contributed by atoms with Crippen LogP contribution in [-0.4, -0.2) is 56.7 Å². The molecule has 0 aromatic carbocycles. The zero-order chi connectivity index (χ0) is 12.9. The molecular formula is C10H22N3O3P. The maximum atomic E-state index is 12.2. The first-order chi connectivity index (χ1) is 8.02. The van der Waals surface area contributed by atoms with Crippen LogP contribution in [0.5, 0.6) is 0 Å². The highest BCUT2D eigenvalue weighted by Gasteiger charge is 2.28. The normalized spacial score (nSPS) is 19.6. The summed E-state index contributed by atoms with van der Waals surface area (Å²) in [7, 11) is 1.84. The predicted molar refractivity (Wildman–Crippen MR) is 68.2 cm³/mol. The van der Waals surface area contributed by atoms with E-state index in [9.17, 15) is 4.57 Å². The smallest absolute Gasteiger partial charge is 0.344 e. The lowest BCUT2D eigenvalue weighted by molar-refractivity contribution is 0.230. The third-order valence-corrected chi connectivity index (χ3v) is 4.04. The quantitative estimate of drug-likeness (QED) is 0.540. The molecule has 1 fully saturated rings. The largest absolute Gasteiger partial charge is 0.456 e. The number of rotatable bonds is 6. The van der Waals surface area contributed by atoms with E-state index in [4.69, 9.17) is 9.05 Å². The third-order valence-electron chi connectivity index (χ3n) is 2.65. The van der Waals surface area contributed by atoms with E-state index >= 15 is 0 Å². The molecule has 0 aromatic heterocycles. The van der Waals surface area contributed by atoms with Crippen molar-refractivity contribution in [3.05, 3.63) is 0 Å². The molecule has 1 heterocycles. The molecule has 1 atom stereocenters. The van der Waals surface area contributed by atoms with Gasteiger partial charge in [0.25, 0.3) is 0 Å². The first-order valence-electron chi connectivity index (χ1n) is 5.85. The summed E-state index contributed by atoms with van der Waals surface area (Å²) in [6.07, 6.45) is 1.84. The van der Waals surface area contributed by atoms with Gasteiger partial charge in [-0.25, -0.2) is 4.57 Å². The van der Waals surface area contributed by atoms with Gasteiger partial charge in [-0.1, -0.05) is 13.3 Å². The molecule has 0 N–H and O–H groups in total. The molecule has 1 saturated heterocycles. The van der Waals surface area contributed by atoms with Gasteiger partial charge in [0.15, 0.2) is 0 Å². The molecule has 0 saturated carbocycles. The van der Waals surface area contributed by atoms with Crippen LogP contribution in [0.1, 0.15) is 19.8 Å². The van der Waals surface area contributed by atoms with Crippen LogP contribution in [0.4, 0.5) is 0 Å². The van der Waals surface area contributed by atoms with Gasteiger partial charge < -0.3 is 9.80 Å². The Bertz CT molecular complexity index is 310. The van der Waals surface area contributed by atoms with Crippen LogP contribution in [0.15, 0.2) is 4.76 Å². The Balaban J connectivity index is 2.72. The van der Waals surface area contributed by atoms with Gasteiger partial charge in [-0.15, -0.1) is 4.76 Å². The summed E-state index contributed by atoms with van der Waals surface area (Å²) in [4.78, 5) is 3.88. The van der Waals surface area contributed by atoms with Crippen LogP contribution < -0.4 is 0 Å². The molecule has 1 aliphatic heterocycles. The fourth-order valence-electron chi connectivity index (χ4n) is 1.50. The summed E-state index contributed by atoms with van der Waals surface area (Å²) in [6, 6.07) is 0. The second kappa shape index (κ2) is 6.38. The fraction of sp³-hybridized carbons (Fsp3) is 0.900. The highest BCUT2D eigenvalue weighted by atomic mass is 31.2. The van der Waals surface area contributed by atoms with Gasteiger partial charge in [0.05, 0.1) is 6.61 Å². The lowest BCUT2D eigenvalue weighted by atomic mass is 10.4. The second-order valence-electron chi connectivity index (χ2n) is 4.08. The Kier molecular flexibility index (Phi) is 5.43. The standard InChI is InChI=1S/C10H22N3O3P/c1-5-6-9-16-17(14,15-4)11-10-12(2)7-8-13(10)3/h5-9H2,1-4H3. The molecule has 7 heteroatoms. The second-order valence-corrected chi connectivity index (χ2v) is 5.84. The molecule has 0 amide bonds. The van der Waals surface area contributed by atoms with Crippen LogP contribution in [0.2, 0.25) is 0 Å². The molecule has 17 heavy (non-hydrogen) atoms. The van der Waals surface area contributed by atoms with Crippen molar-refractivity contribution in [3.63, 3.8) is 0 Å². The van der Waals surface area contributed by atoms with E-state index in [0.29, 0.717) is 12.6 Å². The van der Waals surface area contributed by atoms with Gasteiger partial charge >= 0.3 is 7.75 Å². The van der Waals surface area contributed by atoms with Gasteiger partial charge in [0.2, 0.25) is 5.96 Å². The predicted octanol–water partition coefficient (Wildman–Crippen LogP) is 1.79. The van der Waals surface area contributed by atoms with Crippen LogP contribution >= 0.6 is 7.75 Å². The fourth-order valence-corrected chi connectivity index (χ4v) is 2.63. The van der Waals surface area contributed by atoms with Crippen molar-refractivity contribution in [2.24, 2.45) is 4.76 Å². The maximum absolute atomic E-state index is 12.2. The van der Waals surface area contributed by atoms with Gasteiger partial charge in [-0.2, -0.15) is 0 Å². The van der Waals surface area contributed by atoms with Crippen molar-refractivity contribution in [1.29, 1.82) is 0 Å². The highest BCUT2D eigenvalue weighted by Crippen LogP contribution is 2.49. The Labute approximate surface area is 103 Å². The van der Waals surface area contributed by atoms with Gasteiger partial charge in [0, 0.05) is 34.3 Å². The van der Waals surface area contributed by atoms with E-state index in [2.05, 4.69) is 4.76 Å². The summed E-state index contributed by atoms with van der Waals surface area (Å²) in [6.45, 7) is 4.19. The molecule has 0 bridgehead atoms. The molecule has 1 unspecified atom stereocenters. The minimum absolute atomic E-state index is 0.409. The average Bonchev–Trinajstić information content (AvgIpc) is 2.61. The van der Waals surface area contributed by atoms with Gasteiger partial charge in [-0.3, -0.25) is 9.05 Å². The average molecular weight is 263 g/mol. The zero-order valence-corrected chi connectivity index (χ0v) is 11.9. The lowest BCUT2D eigenvalue weighted by Crippen LogP contribution is -2.28. The zero-order valence-electron chi connectivity index (χ0n) is 11.0. The van der Waals surface area contributed by atoms with Gasteiger partial charge in [-0.05, 0) is 6.42 Å². The third kappa shape index (κ3) is 3.98. The minimum Gasteiger partial charge on any atom is -0.344 e. The van der Waals surface area contributed by atoms with Crippen molar-refractivity contribution in [2.45, 2.75) is 19.8 Å². The highest BCUT2D eigenvalue weighted by molar-refractivity contribution is 7.52. The first-order valence-corrected chi connectivity index (χ1v) is 7.34. The number of hydrogen-bond donors (Lipinski definition) is 0. The molecule has 0 aromatic rings. The number of unbranched alkanes of at least 4 members (excludes halogenated alkanes) is 1. The number of likely N-dealkylation sites (N-methyl/N-ethyl adjacent to an activating group) is 2. The maximum Gasteiger partial charge on any atom is 0.456 e. The Morgan fingerprint density at radius 2 is 1.94 bits per heavy atom. The topological polar surface area (TPSA) is 54.4 Å². The molecule has 1 rings (SSSR count). The van der Waals surface area contributed by atoms with Crippen molar-refractivity contribution >= 4 is 13.7 Å². The van der Waals surface area contributed by atoms with Crippen molar-refractivity contribution in [2.75, 3.05) is 40.9 Å². The van der Waals surface area contributed by atoms with Crippen LogP contribution in [0.25, 0.3) is 0 Å².